The third-order valence-corrected chi connectivity index (χ3v) is 3.26. The van der Waals surface area contributed by atoms with Crippen LogP contribution in [0.15, 0.2) is 24.4 Å². The predicted octanol–water partition coefficient (Wildman–Crippen LogP) is 3.27. The number of aromatic nitrogens is 1. The number of rotatable bonds is 3. The van der Waals surface area contributed by atoms with Crippen molar-refractivity contribution in [3.63, 3.8) is 0 Å². The summed E-state index contributed by atoms with van der Waals surface area (Å²) < 4.78 is 46.2. The van der Waals surface area contributed by atoms with Crippen LogP contribution in [0, 0.1) is 11.3 Å². The van der Waals surface area contributed by atoms with E-state index in [-0.39, 0.29) is 27.7 Å². The smallest absolute Gasteiger partial charge is 0.464 e. The van der Waals surface area contributed by atoms with Crippen LogP contribution in [0.25, 0.3) is 5.69 Å². The number of alkyl halides is 3. The van der Waals surface area contributed by atoms with E-state index >= 15 is 0 Å². The molecule has 0 spiro atoms. The molecule has 126 valence electrons. The Labute approximate surface area is 138 Å². The van der Waals surface area contributed by atoms with Gasteiger partial charge in [0.05, 0.1) is 29.1 Å². The van der Waals surface area contributed by atoms with Crippen LogP contribution in [0.3, 0.4) is 0 Å². The van der Waals surface area contributed by atoms with Crippen LogP contribution in [-0.2, 0) is 4.74 Å². The molecule has 10 heteroatoms. The van der Waals surface area contributed by atoms with E-state index in [4.69, 9.17) is 22.6 Å². The molecule has 0 unspecified atom stereocenters. The number of nitrogens with zero attached hydrogens (tertiary/aromatic N) is 2. The number of hydrogen-bond acceptors (Lipinski definition) is 5. The maximum atomic E-state index is 12.2. The number of hydrogen-bond donors (Lipinski definition) is 1. The number of nitrogen functional groups attached to an aromatic ring is 1. The highest BCUT2D eigenvalue weighted by Gasteiger charge is 2.31. The predicted molar refractivity (Wildman–Crippen MR) is 77.9 cm³/mol. The van der Waals surface area contributed by atoms with E-state index in [1.807, 2.05) is 0 Å². The minimum Gasteiger partial charge on any atom is -0.464 e. The summed E-state index contributed by atoms with van der Waals surface area (Å²) in [6.45, 7) is 0. The van der Waals surface area contributed by atoms with Gasteiger partial charge in [0.25, 0.3) is 0 Å². The maximum absolute atomic E-state index is 12.2. The Balaban J connectivity index is 2.57. The third kappa shape index (κ3) is 3.38. The molecule has 0 saturated heterocycles. The van der Waals surface area contributed by atoms with Crippen LogP contribution >= 0.6 is 11.6 Å². The van der Waals surface area contributed by atoms with Crippen molar-refractivity contribution >= 4 is 23.3 Å². The summed E-state index contributed by atoms with van der Waals surface area (Å²) in [6.07, 6.45) is -3.64. The van der Waals surface area contributed by atoms with Gasteiger partial charge in [-0.2, -0.15) is 5.26 Å². The van der Waals surface area contributed by atoms with Gasteiger partial charge in [0.15, 0.2) is 5.69 Å². The van der Waals surface area contributed by atoms with Gasteiger partial charge in [-0.15, -0.1) is 13.2 Å². The van der Waals surface area contributed by atoms with Gasteiger partial charge < -0.3 is 19.8 Å². The fourth-order valence-corrected chi connectivity index (χ4v) is 2.25. The summed E-state index contributed by atoms with van der Waals surface area (Å²) >= 11 is 5.97. The molecule has 0 aliphatic heterocycles. The van der Waals surface area contributed by atoms with Crippen LogP contribution in [0.2, 0.25) is 5.02 Å². The van der Waals surface area contributed by atoms with Crippen molar-refractivity contribution in [2.45, 2.75) is 6.36 Å². The van der Waals surface area contributed by atoms with Crippen LogP contribution in [-0.4, -0.2) is 24.0 Å². The molecule has 1 aromatic heterocycles. The van der Waals surface area contributed by atoms with E-state index in [1.165, 1.54) is 16.8 Å². The molecule has 0 atom stereocenters. The van der Waals surface area contributed by atoms with Gasteiger partial charge in [-0.25, -0.2) is 4.79 Å². The lowest BCUT2D eigenvalue weighted by Crippen LogP contribution is -2.17. The molecule has 2 aromatic rings. The summed E-state index contributed by atoms with van der Waals surface area (Å²) in [4.78, 5) is 11.9. The van der Waals surface area contributed by atoms with E-state index in [9.17, 15) is 18.0 Å². The van der Waals surface area contributed by atoms with Crippen LogP contribution in [0.5, 0.6) is 5.75 Å². The van der Waals surface area contributed by atoms with Crippen molar-refractivity contribution in [2.75, 3.05) is 12.8 Å². The first-order valence-electron chi connectivity index (χ1n) is 6.23. The Morgan fingerprint density at radius 1 is 1.42 bits per heavy atom. The van der Waals surface area contributed by atoms with Crippen molar-refractivity contribution in [3.05, 3.63) is 40.7 Å². The first-order chi connectivity index (χ1) is 11.2. The fraction of sp³-hybridized carbons (Fsp3) is 0.143. The van der Waals surface area contributed by atoms with Gasteiger partial charge in [-0.1, -0.05) is 11.6 Å². The van der Waals surface area contributed by atoms with Gasteiger partial charge >= 0.3 is 12.3 Å². The molecule has 6 nitrogen and oxygen atoms in total. The lowest BCUT2D eigenvalue weighted by atomic mass is 10.2. The number of anilines is 1. The molecule has 0 aliphatic rings. The van der Waals surface area contributed by atoms with Crippen molar-refractivity contribution in [1.29, 1.82) is 5.26 Å². The zero-order valence-electron chi connectivity index (χ0n) is 12.0. The Hall–Kier alpha value is -2.86. The minimum absolute atomic E-state index is 0.0120. The Kier molecular flexibility index (Phi) is 4.61. The monoisotopic (exact) mass is 359 g/mol. The average Bonchev–Trinajstić information content (AvgIpc) is 2.81. The van der Waals surface area contributed by atoms with Gasteiger partial charge in [0, 0.05) is 12.3 Å². The number of esters is 1. The molecule has 0 fully saturated rings. The molecule has 0 radical (unpaired) electrons. The highest BCUT2D eigenvalue weighted by molar-refractivity contribution is 6.32. The molecule has 0 amide bonds. The quantitative estimate of drug-likeness (QED) is 0.849. The SMILES string of the molecule is COC(=O)c1c(N)c(C#N)cn1-c1ccc(OC(F)(F)F)cc1Cl. The molecule has 0 bridgehead atoms. The second kappa shape index (κ2) is 6.33. The van der Waals surface area contributed by atoms with E-state index in [1.54, 1.807) is 6.07 Å². The van der Waals surface area contributed by atoms with Crippen LogP contribution in [0.1, 0.15) is 16.1 Å². The van der Waals surface area contributed by atoms with E-state index in [0.717, 1.165) is 19.2 Å². The number of benzene rings is 1. The zero-order chi connectivity index (χ0) is 18.1. The molecule has 0 aliphatic carbocycles. The van der Waals surface area contributed by atoms with E-state index < -0.39 is 18.1 Å². The summed E-state index contributed by atoms with van der Waals surface area (Å²) in [7, 11) is 1.12. The Morgan fingerprint density at radius 2 is 2.08 bits per heavy atom. The average molecular weight is 360 g/mol. The van der Waals surface area contributed by atoms with Crippen molar-refractivity contribution in [1.82, 2.24) is 4.57 Å². The second-order valence-electron chi connectivity index (χ2n) is 4.44. The molecular formula is C14H9ClF3N3O3. The first-order valence-corrected chi connectivity index (χ1v) is 6.60. The largest absolute Gasteiger partial charge is 0.573 e. The highest BCUT2D eigenvalue weighted by atomic mass is 35.5. The van der Waals surface area contributed by atoms with Crippen molar-refractivity contribution < 1.29 is 27.4 Å². The van der Waals surface area contributed by atoms with Gasteiger partial charge in [0.2, 0.25) is 0 Å². The normalized spacial score (nSPS) is 11.0. The van der Waals surface area contributed by atoms with E-state index in [0.29, 0.717) is 0 Å². The lowest BCUT2D eigenvalue weighted by Gasteiger charge is -2.13. The first kappa shape index (κ1) is 17.5. The number of carbonyl (C=O) groups is 1. The van der Waals surface area contributed by atoms with Crippen LogP contribution < -0.4 is 10.5 Å². The van der Waals surface area contributed by atoms with Gasteiger partial charge in [0.1, 0.15) is 11.8 Å². The zero-order valence-corrected chi connectivity index (χ0v) is 12.8. The Morgan fingerprint density at radius 3 is 2.58 bits per heavy atom. The molecular weight excluding hydrogens is 351 g/mol. The standard InChI is InChI=1S/C14H9ClF3N3O3/c1-23-13(22)12-11(20)7(5-19)6-21(12)10-3-2-8(4-9(10)15)24-14(16,17)18/h2-4,6H,20H2,1H3. The number of nitriles is 1. The van der Waals surface area contributed by atoms with Crippen molar-refractivity contribution in [2.24, 2.45) is 0 Å². The lowest BCUT2D eigenvalue weighted by molar-refractivity contribution is -0.274. The van der Waals surface area contributed by atoms with Gasteiger partial charge in [-0.3, -0.25) is 0 Å². The maximum Gasteiger partial charge on any atom is 0.573 e. The number of methoxy groups -OCH3 is 1. The van der Waals surface area contributed by atoms with Crippen molar-refractivity contribution in [3.8, 4) is 17.5 Å². The number of ether oxygens (including phenoxy) is 2. The number of carbonyl (C=O) groups excluding carboxylic acids is 1. The third-order valence-electron chi connectivity index (χ3n) is 2.96. The van der Waals surface area contributed by atoms with Crippen LogP contribution in [0.4, 0.5) is 18.9 Å². The molecule has 0 saturated carbocycles. The molecule has 1 aromatic carbocycles. The minimum atomic E-state index is -4.87. The summed E-state index contributed by atoms with van der Waals surface area (Å²) in [5.41, 5.74) is 5.55. The molecule has 2 rings (SSSR count). The topological polar surface area (TPSA) is 90.3 Å². The molecule has 1 heterocycles. The summed E-state index contributed by atoms with van der Waals surface area (Å²) in [5.74, 6) is -1.36. The molecule has 2 N–H and O–H groups in total. The molecule has 24 heavy (non-hydrogen) atoms. The summed E-state index contributed by atoms with van der Waals surface area (Å²) in [6, 6.07) is 4.92. The second-order valence-corrected chi connectivity index (χ2v) is 4.85. The number of nitrogens with two attached hydrogens (primary N) is 1. The van der Waals surface area contributed by atoms with E-state index in [2.05, 4.69) is 9.47 Å². The number of halogens is 4. The fourth-order valence-electron chi connectivity index (χ4n) is 1.98. The Bertz CT molecular complexity index is 840. The van der Waals surface area contributed by atoms with Gasteiger partial charge in [-0.05, 0) is 12.1 Å². The highest BCUT2D eigenvalue weighted by Crippen LogP contribution is 2.32. The summed E-state index contributed by atoms with van der Waals surface area (Å²) in [5, 5.41) is 8.87.